The van der Waals surface area contributed by atoms with Gasteiger partial charge in [-0.3, -0.25) is 9.59 Å². The Morgan fingerprint density at radius 1 is 0.743 bits per heavy atom. The van der Waals surface area contributed by atoms with Crippen molar-refractivity contribution in [2.75, 3.05) is 41.0 Å². The van der Waals surface area contributed by atoms with Gasteiger partial charge in [-0.25, -0.2) is 0 Å². The Labute approximate surface area is 213 Å². The average molecular weight is 502 g/mol. The fraction of sp³-hybridized carbons (Fsp3) is 0.889. The van der Waals surface area contributed by atoms with Crippen LogP contribution >= 0.6 is 0 Å². The van der Waals surface area contributed by atoms with E-state index in [1.165, 1.54) is 25.7 Å². The lowest BCUT2D eigenvalue weighted by atomic mass is 10.1. The van der Waals surface area contributed by atoms with Crippen LogP contribution < -0.4 is 5.11 Å². The third-order valence-corrected chi connectivity index (χ3v) is 5.99. The van der Waals surface area contributed by atoms with Crippen LogP contribution in [0.4, 0.5) is 0 Å². The molecular weight excluding hydrogens is 450 g/mol. The highest BCUT2D eigenvalue weighted by Gasteiger charge is 2.25. The first-order valence-electron chi connectivity index (χ1n) is 13.6. The van der Waals surface area contributed by atoms with E-state index in [1.807, 2.05) is 0 Å². The molecule has 0 rings (SSSR count). The first-order chi connectivity index (χ1) is 16.6. The lowest BCUT2D eigenvalue weighted by molar-refractivity contribution is -0.889. The second kappa shape index (κ2) is 20.5. The monoisotopic (exact) mass is 501 g/mol. The van der Waals surface area contributed by atoms with Crippen molar-refractivity contribution in [3.05, 3.63) is 0 Å². The number of quaternary nitrogens is 1. The molecule has 0 saturated carbocycles. The van der Waals surface area contributed by atoms with Gasteiger partial charge < -0.3 is 28.6 Å². The van der Waals surface area contributed by atoms with E-state index < -0.39 is 18.1 Å². The van der Waals surface area contributed by atoms with Gasteiger partial charge in [-0.05, 0) is 12.8 Å². The topological polar surface area (TPSA) is 102 Å². The van der Waals surface area contributed by atoms with Crippen LogP contribution in [0.15, 0.2) is 0 Å². The third-order valence-electron chi connectivity index (χ3n) is 5.99. The van der Waals surface area contributed by atoms with E-state index in [9.17, 15) is 19.5 Å². The van der Waals surface area contributed by atoms with Crippen molar-refractivity contribution in [2.45, 2.75) is 116 Å². The van der Waals surface area contributed by atoms with Gasteiger partial charge in [-0.1, -0.05) is 71.6 Å². The molecule has 0 aliphatic carbocycles. The predicted octanol–water partition coefficient (Wildman–Crippen LogP) is 3.78. The van der Waals surface area contributed by atoms with Gasteiger partial charge in [0.2, 0.25) is 0 Å². The Morgan fingerprint density at radius 3 is 1.80 bits per heavy atom. The summed E-state index contributed by atoms with van der Waals surface area (Å²) in [5, 5.41) is 11.4. The molecule has 0 spiro atoms. The number of hydrogen-bond acceptors (Lipinski definition) is 7. The molecule has 206 valence electrons. The Kier molecular flexibility index (Phi) is 19.5. The van der Waals surface area contributed by atoms with Crippen molar-refractivity contribution < 1.29 is 38.2 Å². The van der Waals surface area contributed by atoms with E-state index >= 15 is 0 Å². The number of esters is 2. The molecule has 0 aromatic rings. The van der Waals surface area contributed by atoms with Crippen LogP contribution in [-0.4, -0.2) is 75.5 Å². The maximum absolute atomic E-state index is 12.3. The largest absolute Gasteiger partial charge is 0.544 e. The van der Waals surface area contributed by atoms with Gasteiger partial charge in [0.25, 0.3) is 0 Å². The molecular formula is C27H51NO7. The van der Waals surface area contributed by atoms with Gasteiger partial charge in [0.15, 0.2) is 6.10 Å². The van der Waals surface area contributed by atoms with Gasteiger partial charge in [-0.15, -0.1) is 0 Å². The number of hydrogen-bond donors (Lipinski definition) is 0. The van der Waals surface area contributed by atoms with E-state index in [1.54, 1.807) is 21.1 Å². The van der Waals surface area contributed by atoms with Crippen LogP contribution in [0.2, 0.25) is 0 Å². The number of carbonyl (C=O) groups is 3. The Bertz CT molecular complexity index is 574. The van der Waals surface area contributed by atoms with Gasteiger partial charge in [0.1, 0.15) is 12.6 Å². The summed E-state index contributed by atoms with van der Waals surface area (Å²) in [5.41, 5.74) is 0. The molecule has 8 nitrogen and oxygen atoms in total. The number of aliphatic carboxylic acids is 1. The second-order valence-corrected chi connectivity index (χ2v) is 10.3. The van der Waals surface area contributed by atoms with Gasteiger partial charge in [0.05, 0.1) is 40.3 Å². The van der Waals surface area contributed by atoms with Crippen molar-refractivity contribution in [2.24, 2.45) is 0 Å². The van der Waals surface area contributed by atoms with Crippen molar-refractivity contribution >= 4 is 17.9 Å². The summed E-state index contributed by atoms with van der Waals surface area (Å²) in [6, 6.07) is -0.714. The lowest BCUT2D eigenvalue weighted by Gasteiger charge is -2.34. The van der Waals surface area contributed by atoms with Crippen molar-refractivity contribution in [1.82, 2.24) is 0 Å². The van der Waals surface area contributed by atoms with Crippen LogP contribution in [0.5, 0.6) is 0 Å². The zero-order chi connectivity index (χ0) is 26.5. The summed E-state index contributed by atoms with van der Waals surface area (Å²) in [5.74, 6) is -1.77. The minimum absolute atomic E-state index is 0.0444. The van der Waals surface area contributed by atoms with E-state index in [0.717, 1.165) is 44.9 Å². The summed E-state index contributed by atoms with van der Waals surface area (Å²) in [7, 11) is 5.36. The molecule has 0 aliphatic rings. The quantitative estimate of drug-likeness (QED) is 0.119. The van der Waals surface area contributed by atoms with E-state index in [-0.39, 0.29) is 42.7 Å². The number of unbranched alkanes of at least 4 members (excludes halogenated alkanes) is 9. The van der Waals surface area contributed by atoms with E-state index in [0.29, 0.717) is 12.8 Å². The number of nitrogens with zero attached hydrogens (tertiary/aromatic N) is 1. The minimum Gasteiger partial charge on any atom is -0.544 e. The maximum Gasteiger partial charge on any atom is 0.306 e. The molecule has 0 N–H and O–H groups in total. The smallest absolute Gasteiger partial charge is 0.306 e. The SMILES string of the molecule is CCCCCCCCCC(=O)OC(COCCC(C(=O)[O-])[N+](C)(C)C)COC(=O)CCCCCC. The summed E-state index contributed by atoms with van der Waals surface area (Å²) in [4.78, 5) is 35.8. The van der Waals surface area contributed by atoms with Crippen LogP contribution in [0, 0.1) is 0 Å². The van der Waals surface area contributed by atoms with E-state index in [2.05, 4.69) is 13.8 Å². The molecule has 0 fully saturated rings. The number of carboxylic acid groups (broad SMARTS) is 1. The minimum atomic E-state index is -1.13. The number of ether oxygens (including phenoxy) is 3. The highest BCUT2D eigenvalue weighted by molar-refractivity contribution is 5.70. The number of carbonyl (C=O) groups excluding carboxylic acids is 3. The molecule has 0 amide bonds. The summed E-state index contributed by atoms with van der Waals surface area (Å²) >= 11 is 0. The number of rotatable bonds is 23. The molecule has 0 aromatic carbocycles. The molecule has 2 unspecified atom stereocenters. The zero-order valence-electron chi connectivity index (χ0n) is 23.0. The normalized spacial score (nSPS) is 13.3. The number of carboxylic acids is 1. The highest BCUT2D eigenvalue weighted by Crippen LogP contribution is 2.11. The molecule has 8 heteroatoms. The van der Waals surface area contributed by atoms with Gasteiger partial charge in [-0.2, -0.15) is 0 Å². The van der Waals surface area contributed by atoms with Crippen LogP contribution in [-0.2, 0) is 28.6 Å². The fourth-order valence-electron chi connectivity index (χ4n) is 3.77. The van der Waals surface area contributed by atoms with Gasteiger partial charge in [0, 0.05) is 19.3 Å². The highest BCUT2D eigenvalue weighted by atomic mass is 16.6. The van der Waals surface area contributed by atoms with Crippen molar-refractivity contribution in [1.29, 1.82) is 0 Å². The molecule has 0 radical (unpaired) electrons. The zero-order valence-corrected chi connectivity index (χ0v) is 23.0. The van der Waals surface area contributed by atoms with Crippen molar-refractivity contribution in [3.8, 4) is 0 Å². The molecule has 0 saturated heterocycles. The molecule has 0 aromatic heterocycles. The molecule has 0 heterocycles. The molecule has 2 atom stereocenters. The predicted molar refractivity (Wildman–Crippen MR) is 134 cm³/mol. The Morgan fingerprint density at radius 2 is 1.26 bits per heavy atom. The molecule has 0 aliphatic heterocycles. The van der Waals surface area contributed by atoms with Crippen LogP contribution in [0.1, 0.15) is 104 Å². The Hall–Kier alpha value is -1.67. The summed E-state index contributed by atoms with van der Waals surface area (Å²) in [6.07, 6.45) is 11.9. The Balaban J connectivity index is 4.55. The molecule has 35 heavy (non-hydrogen) atoms. The fourth-order valence-corrected chi connectivity index (χ4v) is 3.77. The standard InChI is InChI=1S/C27H51NO7/c1-6-8-10-12-13-14-16-18-26(30)35-23(22-34-25(29)17-15-11-9-7-2)21-33-20-19-24(27(31)32)28(3,4)5/h23-24H,6-22H2,1-5H3. The van der Waals surface area contributed by atoms with Crippen LogP contribution in [0.3, 0.4) is 0 Å². The summed E-state index contributed by atoms with van der Waals surface area (Å²) in [6.45, 7) is 4.45. The first kappa shape index (κ1) is 33.3. The first-order valence-corrected chi connectivity index (χ1v) is 13.6. The second-order valence-electron chi connectivity index (χ2n) is 10.3. The summed E-state index contributed by atoms with van der Waals surface area (Å²) < 4.78 is 16.7. The lowest BCUT2D eigenvalue weighted by Crippen LogP contribution is -2.55. The maximum atomic E-state index is 12.3. The van der Waals surface area contributed by atoms with Crippen molar-refractivity contribution in [3.63, 3.8) is 0 Å². The molecule has 0 bridgehead atoms. The van der Waals surface area contributed by atoms with Crippen LogP contribution in [0.25, 0.3) is 0 Å². The van der Waals surface area contributed by atoms with Gasteiger partial charge >= 0.3 is 11.9 Å². The number of likely N-dealkylation sites (N-methyl/N-ethyl adjacent to an activating group) is 1. The third kappa shape index (κ3) is 19.2. The average Bonchev–Trinajstić information content (AvgIpc) is 2.78. The van der Waals surface area contributed by atoms with E-state index in [4.69, 9.17) is 14.2 Å².